The van der Waals surface area contributed by atoms with Gasteiger partial charge in [0, 0.05) is 30.5 Å². The van der Waals surface area contributed by atoms with Crippen LogP contribution in [0.1, 0.15) is 51.4 Å². The molecular weight excluding hydrogens is 368 g/mol. The SMILES string of the molecule is N=C(N)C1=CCC(C(=O)NCCCCCNC(=O)C2CCC(C(=N)N)CC2)C=C1. The van der Waals surface area contributed by atoms with Gasteiger partial charge in [-0.15, -0.1) is 0 Å². The molecule has 160 valence electrons. The van der Waals surface area contributed by atoms with Crippen molar-refractivity contribution in [1.29, 1.82) is 10.8 Å². The van der Waals surface area contributed by atoms with E-state index in [2.05, 4.69) is 10.6 Å². The van der Waals surface area contributed by atoms with Crippen molar-refractivity contribution in [3.8, 4) is 0 Å². The molecule has 1 unspecified atom stereocenters. The van der Waals surface area contributed by atoms with E-state index < -0.39 is 0 Å². The highest BCUT2D eigenvalue weighted by atomic mass is 16.2. The van der Waals surface area contributed by atoms with Gasteiger partial charge in [0.2, 0.25) is 11.8 Å². The summed E-state index contributed by atoms with van der Waals surface area (Å²) >= 11 is 0. The fourth-order valence-corrected chi connectivity index (χ4v) is 3.81. The fourth-order valence-electron chi connectivity index (χ4n) is 3.81. The van der Waals surface area contributed by atoms with Crippen LogP contribution in [0.4, 0.5) is 0 Å². The lowest BCUT2D eigenvalue weighted by Crippen LogP contribution is -2.36. The molecule has 0 saturated heterocycles. The minimum Gasteiger partial charge on any atom is -0.387 e. The predicted octanol–water partition coefficient (Wildman–Crippen LogP) is 1.57. The van der Waals surface area contributed by atoms with Crippen LogP contribution in [0, 0.1) is 28.6 Å². The summed E-state index contributed by atoms with van der Waals surface area (Å²) < 4.78 is 0. The molecule has 29 heavy (non-hydrogen) atoms. The number of rotatable bonds is 10. The summed E-state index contributed by atoms with van der Waals surface area (Å²) in [5, 5.41) is 20.8. The average molecular weight is 403 g/mol. The molecule has 1 saturated carbocycles. The van der Waals surface area contributed by atoms with E-state index in [4.69, 9.17) is 22.3 Å². The highest BCUT2D eigenvalue weighted by molar-refractivity contribution is 5.97. The second-order valence-corrected chi connectivity index (χ2v) is 7.92. The Morgan fingerprint density at radius 1 is 0.931 bits per heavy atom. The number of carbonyl (C=O) groups excluding carboxylic acids is 2. The summed E-state index contributed by atoms with van der Waals surface area (Å²) in [6.07, 6.45) is 11.9. The van der Waals surface area contributed by atoms with Crippen molar-refractivity contribution in [2.45, 2.75) is 51.4 Å². The molecule has 1 fully saturated rings. The summed E-state index contributed by atoms with van der Waals surface area (Å²) in [4.78, 5) is 24.3. The van der Waals surface area contributed by atoms with E-state index in [1.165, 1.54) is 0 Å². The second kappa shape index (κ2) is 11.4. The molecule has 0 aromatic heterocycles. The van der Waals surface area contributed by atoms with E-state index in [1.807, 2.05) is 6.08 Å². The van der Waals surface area contributed by atoms with Crippen LogP contribution in [0.25, 0.3) is 0 Å². The first-order chi connectivity index (χ1) is 13.9. The Morgan fingerprint density at radius 2 is 1.52 bits per heavy atom. The first-order valence-electron chi connectivity index (χ1n) is 10.5. The van der Waals surface area contributed by atoms with Gasteiger partial charge >= 0.3 is 0 Å². The maximum atomic E-state index is 12.2. The standard InChI is InChI=1S/C21H34N6O2/c22-18(23)14-4-8-16(9-5-14)20(28)26-12-2-1-3-13-27-21(29)17-10-6-15(7-11-17)19(24)25/h4-5,8,15-17H,1-3,6-7,9-13H2,(H3,22,23)(H3,24,25)(H,26,28)(H,27,29). The number of unbranched alkanes of at least 4 members (excludes halogenated alkanes) is 2. The van der Waals surface area contributed by atoms with Crippen LogP contribution < -0.4 is 22.1 Å². The molecule has 2 aliphatic carbocycles. The van der Waals surface area contributed by atoms with Crippen molar-refractivity contribution in [1.82, 2.24) is 10.6 Å². The van der Waals surface area contributed by atoms with Gasteiger partial charge < -0.3 is 22.1 Å². The van der Waals surface area contributed by atoms with Gasteiger partial charge in [-0.05, 0) is 51.4 Å². The zero-order valence-corrected chi connectivity index (χ0v) is 17.0. The van der Waals surface area contributed by atoms with Crippen molar-refractivity contribution in [3.63, 3.8) is 0 Å². The smallest absolute Gasteiger partial charge is 0.227 e. The molecular formula is C21H34N6O2. The Balaban J connectivity index is 1.50. The fraction of sp³-hybridized carbons (Fsp3) is 0.619. The average Bonchev–Trinajstić information content (AvgIpc) is 2.72. The van der Waals surface area contributed by atoms with Crippen molar-refractivity contribution in [3.05, 3.63) is 23.8 Å². The molecule has 8 heteroatoms. The van der Waals surface area contributed by atoms with Crippen molar-refractivity contribution >= 4 is 23.5 Å². The molecule has 1 atom stereocenters. The minimum atomic E-state index is -0.199. The highest BCUT2D eigenvalue weighted by Crippen LogP contribution is 2.28. The van der Waals surface area contributed by atoms with E-state index in [0.29, 0.717) is 25.1 Å². The lowest BCUT2D eigenvalue weighted by Gasteiger charge is -2.26. The lowest BCUT2D eigenvalue weighted by molar-refractivity contribution is -0.126. The molecule has 2 aliphatic rings. The third-order valence-electron chi connectivity index (χ3n) is 5.74. The Morgan fingerprint density at radius 3 is 2.03 bits per heavy atom. The Labute approximate surface area is 172 Å². The predicted molar refractivity (Wildman–Crippen MR) is 114 cm³/mol. The molecule has 0 bridgehead atoms. The first-order valence-corrected chi connectivity index (χ1v) is 10.5. The van der Waals surface area contributed by atoms with Gasteiger partial charge in [0.15, 0.2) is 0 Å². The molecule has 2 rings (SSSR count). The van der Waals surface area contributed by atoms with Gasteiger partial charge in [-0.2, -0.15) is 0 Å². The minimum absolute atomic E-state index is 0.00503. The van der Waals surface area contributed by atoms with E-state index >= 15 is 0 Å². The molecule has 0 aromatic rings. The van der Waals surface area contributed by atoms with E-state index in [-0.39, 0.29) is 41.2 Å². The van der Waals surface area contributed by atoms with Crippen LogP contribution in [0.3, 0.4) is 0 Å². The van der Waals surface area contributed by atoms with Gasteiger partial charge in [-0.1, -0.05) is 18.2 Å². The highest BCUT2D eigenvalue weighted by Gasteiger charge is 2.27. The molecule has 2 amide bonds. The normalized spacial score (nSPS) is 23.7. The van der Waals surface area contributed by atoms with Crippen LogP contribution in [-0.2, 0) is 9.59 Å². The van der Waals surface area contributed by atoms with Crippen molar-refractivity contribution < 1.29 is 9.59 Å². The van der Waals surface area contributed by atoms with E-state index in [9.17, 15) is 9.59 Å². The van der Waals surface area contributed by atoms with Crippen LogP contribution in [0.15, 0.2) is 23.8 Å². The number of amides is 2. The van der Waals surface area contributed by atoms with Crippen LogP contribution in [-0.4, -0.2) is 36.6 Å². The number of hydrogen-bond acceptors (Lipinski definition) is 4. The van der Waals surface area contributed by atoms with Crippen LogP contribution in [0.2, 0.25) is 0 Å². The maximum absolute atomic E-state index is 12.2. The number of hydrogen-bond donors (Lipinski definition) is 6. The monoisotopic (exact) mass is 402 g/mol. The first kappa shape index (κ1) is 22.6. The Kier molecular flexibility index (Phi) is 8.89. The summed E-state index contributed by atoms with van der Waals surface area (Å²) in [7, 11) is 0. The van der Waals surface area contributed by atoms with Gasteiger partial charge in [0.05, 0.1) is 11.8 Å². The number of nitrogens with two attached hydrogens (primary N) is 2. The Bertz CT molecular complexity index is 677. The summed E-state index contributed by atoms with van der Waals surface area (Å²) in [6, 6.07) is 0. The molecule has 0 aliphatic heterocycles. The van der Waals surface area contributed by atoms with Crippen LogP contribution in [0.5, 0.6) is 0 Å². The van der Waals surface area contributed by atoms with Gasteiger partial charge in [0.25, 0.3) is 0 Å². The van der Waals surface area contributed by atoms with E-state index in [0.717, 1.165) is 44.9 Å². The summed E-state index contributed by atoms with van der Waals surface area (Å²) in [6.45, 7) is 1.28. The number of carbonyl (C=O) groups is 2. The molecule has 0 heterocycles. The van der Waals surface area contributed by atoms with Gasteiger partial charge in [0.1, 0.15) is 5.84 Å². The second-order valence-electron chi connectivity index (χ2n) is 7.92. The number of allylic oxidation sites excluding steroid dienone is 1. The molecule has 0 spiro atoms. The molecule has 8 N–H and O–H groups in total. The third-order valence-corrected chi connectivity index (χ3v) is 5.74. The third kappa shape index (κ3) is 7.36. The van der Waals surface area contributed by atoms with Crippen LogP contribution >= 0.6 is 0 Å². The number of nitrogens with one attached hydrogen (secondary N) is 4. The van der Waals surface area contributed by atoms with E-state index in [1.54, 1.807) is 12.2 Å². The van der Waals surface area contributed by atoms with Crippen molar-refractivity contribution in [2.24, 2.45) is 29.2 Å². The quantitative estimate of drug-likeness (QED) is 0.186. The molecule has 0 aromatic carbocycles. The lowest BCUT2D eigenvalue weighted by atomic mass is 9.81. The zero-order chi connectivity index (χ0) is 21.2. The summed E-state index contributed by atoms with van der Waals surface area (Å²) in [5.41, 5.74) is 11.6. The zero-order valence-electron chi connectivity index (χ0n) is 17.0. The largest absolute Gasteiger partial charge is 0.387 e. The topological polar surface area (TPSA) is 158 Å². The van der Waals surface area contributed by atoms with Gasteiger partial charge in [-0.3, -0.25) is 20.4 Å². The Hall–Kier alpha value is -2.64. The van der Waals surface area contributed by atoms with Gasteiger partial charge in [-0.25, -0.2) is 0 Å². The summed E-state index contributed by atoms with van der Waals surface area (Å²) in [5.74, 6) is 0.368. The van der Waals surface area contributed by atoms with Crippen molar-refractivity contribution in [2.75, 3.05) is 13.1 Å². The molecule has 8 nitrogen and oxygen atoms in total. The molecule has 0 radical (unpaired) electrons. The maximum Gasteiger partial charge on any atom is 0.227 e. The number of amidine groups is 2.